The van der Waals surface area contributed by atoms with Gasteiger partial charge in [0.25, 0.3) is 0 Å². The molecule has 9 heteroatoms. The summed E-state index contributed by atoms with van der Waals surface area (Å²) in [5.74, 6) is -2.82. The molecule has 7 nitrogen and oxygen atoms in total. The first-order chi connectivity index (χ1) is 17.4. The number of carbonyl (C=O) groups excluding carboxylic acids is 1. The van der Waals surface area contributed by atoms with Crippen molar-refractivity contribution in [3.63, 3.8) is 0 Å². The van der Waals surface area contributed by atoms with Crippen LogP contribution in [0.2, 0.25) is 0 Å². The molecule has 1 amide bonds. The number of carboxylic acid groups (broad SMARTS) is 1. The Bertz CT molecular complexity index is 1500. The number of carbonyl (C=O) groups is 2. The molecule has 0 bridgehead atoms. The fourth-order valence-electron chi connectivity index (χ4n) is 4.77. The highest BCUT2D eigenvalue weighted by Crippen LogP contribution is 2.31. The normalized spacial score (nSPS) is 13.0. The zero-order chi connectivity index (χ0) is 25.4. The third-order valence-corrected chi connectivity index (χ3v) is 6.54. The molecule has 184 valence electrons. The maximum atomic E-state index is 13.9. The Morgan fingerprint density at radius 1 is 1.08 bits per heavy atom. The van der Waals surface area contributed by atoms with Gasteiger partial charge in [-0.2, -0.15) is 0 Å². The Kier molecular flexibility index (Phi) is 6.13. The Balaban J connectivity index is 1.43. The Hall–Kier alpha value is -4.27. The van der Waals surface area contributed by atoms with E-state index < -0.39 is 17.6 Å². The second-order valence-corrected chi connectivity index (χ2v) is 8.72. The molecule has 0 atom stereocenters. The van der Waals surface area contributed by atoms with E-state index in [9.17, 15) is 23.5 Å². The quantitative estimate of drug-likeness (QED) is 0.437. The number of aromatic nitrogens is 2. The highest BCUT2D eigenvalue weighted by atomic mass is 19.2. The third-order valence-electron chi connectivity index (χ3n) is 6.54. The molecule has 2 aromatic heterocycles. The monoisotopic (exact) mass is 491 g/mol. The lowest BCUT2D eigenvalue weighted by atomic mass is 10.0. The fraction of sp³-hybridized carbons (Fsp3) is 0.222. The summed E-state index contributed by atoms with van der Waals surface area (Å²) in [4.78, 5) is 30.8. The minimum atomic E-state index is -1.10. The number of nitrogens with zero attached hydrogens (tertiary/aromatic N) is 3. The number of halogens is 2. The van der Waals surface area contributed by atoms with Gasteiger partial charge in [0.15, 0.2) is 11.6 Å². The van der Waals surface area contributed by atoms with Gasteiger partial charge in [0.1, 0.15) is 17.0 Å². The minimum absolute atomic E-state index is 0.0329. The van der Waals surface area contributed by atoms with Crippen molar-refractivity contribution in [3.8, 4) is 5.75 Å². The number of fused-ring (bicyclic) bond motifs is 3. The molecule has 3 heterocycles. The summed E-state index contributed by atoms with van der Waals surface area (Å²) >= 11 is 0. The molecular weight excluding hydrogens is 468 g/mol. The van der Waals surface area contributed by atoms with Crippen LogP contribution in [0.1, 0.15) is 32.7 Å². The standard InChI is InChI=1S/C27H23F2N3O4/c1-36-24-12-16(4-6-20(24)27(34)35)13-25(33)31-10-8-18-19-3-2-9-30-26(19)32(23(18)15-31)14-17-5-7-21(28)22(29)11-17/h2-7,9,11-12H,8,10,13-15H2,1H3,(H,34,35). The molecule has 1 aliphatic rings. The van der Waals surface area contributed by atoms with Crippen LogP contribution in [-0.4, -0.2) is 45.1 Å². The Labute approximate surface area is 205 Å². The van der Waals surface area contributed by atoms with Crippen molar-refractivity contribution < 1.29 is 28.2 Å². The topological polar surface area (TPSA) is 84.7 Å². The number of aromatic carboxylic acids is 1. The molecule has 36 heavy (non-hydrogen) atoms. The number of methoxy groups -OCH3 is 1. The van der Waals surface area contributed by atoms with Crippen LogP contribution < -0.4 is 4.74 Å². The van der Waals surface area contributed by atoms with Gasteiger partial charge in [0, 0.05) is 30.4 Å². The largest absolute Gasteiger partial charge is 0.496 e. The summed E-state index contributed by atoms with van der Waals surface area (Å²) < 4.78 is 34.5. The SMILES string of the molecule is COc1cc(CC(=O)N2CCc3c(n(Cc4ccc(F)c(F)c4)c4ncccc34)C2)ccc1C(=O)O. The molecule has 0 aliphatic carbocycles. The summed E-state index contributed by atoms with van der Waals surface area (Å²) in [7, 11) is 1.39. The molecule has 0 radical (unpaired) electrons. The molecule has 1 N–H and O–H groups in total. The van der Waals surface area contributed by atoms with Crippen LogP contribution in [0.5, 0.6) is 5.75 Å². The van der Waals surface area contributed by atoms with Gasteiger partial charge in [0.05, 0.1) is 20.1 Å². The van der Waals surface area contributed by atoms with Crippen molar-refractivity contribution in [3.05, 3.63) is 94.3 Å². The molecule has 0 fully saturated rings. The number of carboxylic acids is 1. The fourth-order valence-corrected chi connectivity index (χ4v) is 4.77. The Morgan fingerprint density at radius 2 is 1.89 bits per heavy atom. The second-order valence-electron chi connectivity index (χ2n) is 8.72. The molecule has 0 saturated carbocycles. The first kappa shape index (κ1) is 23.5. The maximum Gasteiger partial charge on any atom is 0.339 e. The van der Waals surface area contributed by atoms with Crippen LogP contribution in [0.15, 0.2) is 54.7 Å². The number of rotatable bonds is 6. The lowest BCUT2D eigenvalue weighted by Gasteiger charge is -2.29. The van der Waals surface area contributed by atoms with Crippen LogP contribution in [0.4, 0.5) is 8.78 Å². The van der Waals surface area contributed by atoms with Crippen molar-refractivity contribution in [2.24, 2.45) is 0 Å². The van der Waals surface area contributed by atoms with Gasteiger partial charge in [0.2, 0.25) is 5.91 Å². The van der Waals surface area contributed by atoms with Crippen LogP contribution in [0.25, 0.3) is 11.0 Å². The molecule has 4 aromatic rings. The molecule has 2 aromatic carbocycles. The van der Waals surface area contributed by atoms with Gasteiger partial charge in [-0.1, -0.05) is 12.1 Å². The van der Waals surface area contributed by atoms with Crippen molar-refractivity contribution in [2.75, 3.05) is 13.7 Å². The molecule has 5 rings (SSSR count). The van der Waals surface area contributed by atoms with Gasteiger partial charge in [-0.25, -0.2) is 18.6 Å². The zero-order valence-corrected chi connectivity index (χ0v) is 19.5. The van der Waals surface area contributed by atoms with Gasteiger partial charge in [-0.05, 0) is 59.5 Å². The van der Waals surface area contributed by atoms with E-state index >= 15 is 0 Å². The zero-order valence-electron chi connectivity index (χ0n) is 19.5. The lowest BCUT2D eigenvalue weighted by molar-refractivity contribution is -0.131. The van der Waals surface area contributed by atoms with E-state index in [0.717, 1.165) is 28.4 Å². The first-order valence-corrected chi connectivity index (χ1v) is 11.4. The summed E-state index contributed by atoms with van der Waals surface area (Å²) in [5, 5.41) is 10.3. The van der Waals surface area contributed by atoms with E-state index in [-0.39, 0.29) is 30.2 Å². The van der Waals surface area contributed by atoms with E-state index in [0.29, 0.717) is 30.6 Å². The van der Waals surface area contributed by atoms with Crippen molar-refractivity contribution in [1.29, 1.82) is 0 Å². The van der Waals surface area contributed by atoms with E-state index in [4.69, 9.17) is 4.74 Å². The van der Waals surface area contributed by atoms with Gasteiger partial charge in [-0.3, -0.25) is 4.79 Å². The van der Waals surface area contributed by atoms with E-state index in [2.05, 4.69) is 4.98 Å². The summed E-state index contributed by atoms with van der Waals surface area (Å²) in [6, 6.07) is 12.3. The number of hydrogen-bond acceptors (Lipinski definition) is 4. The minimum Gasteiger partial charge on any atom is -0.496 e. The average molecular weight is 491 g/mol. The predicted octanol–water partition coefficient (Wildman–Crippen LogP) is 4.20. The van der Waals surface area contributed by atoms with E-state index in [1.807, 2.05) is 16.7 Å². The van der Waals surface area contributed by atoms with Crippen LogP contribution in [-0.2, 0) is 30.7 Å². The average Bonchev–Trinajstić information content (AvgIpc) is 3.18. The number of pyridine rings is 1. The number of ether oxygens (including phenoxy) is 1. The van der Waals surface area contributed by atoms with Gasteiger partial charge in [-0.15, -0.1) is 0 Å². The van der Waals surface area contributed by atoms with E-state index in [1.165, 1.54) is 19.2 Å². The molecule has 1 aliphatic heterocycles. The smallest absolute Gasteiger partial charge is 0.339 e. The third kappa shape index (κ3) is 4.28. The number of hydrogen-bond donors (Lipinski definition) is 1. The van der Waals surface area contributed by atoms with Gasteiger partial charge >= 0.3 is 5.97 Å². The number of amides is 1. The van der Waals surface area contributed by atoms with Crippen molar-refractivity contribution in [2.45, 2.75) is 25.9 Å². The number of benzene rings is 2. The highest BCUT2D eigenvalue weighted by molar-refractivity contribution is 5.91. The van der Waals surface area contributed by atoms with Gasteiger partial charge < -0.3 is 19.3 Å². The molecular formula is C27H23F2N3O4. The summed E-state index contributed by atoms with van der Waals surface area (Å²) in [5.41, 5.74) is 4.01. The molecule has 0 spiro atoms. The maximum absolute atomic E-state index is 13.9. The van der Waals surface area contributed by atoms with Crippen molar-refractivity contribution >= 4 is 22.9 Å². The molecule has 0 saturated heterocycles. The summed E-state index contributed by atoms with van der Waals surface area (Å²) in [6.45, 7) is 1.16. The van der Waals surface area contributed by atoms with Crippen LogP contribution in [0.3, 0.4) is 0 Å². The van der Waals surface area contributed by atoms with Crippen LogP contribution in [0, 0.1) is 11.6 Å². The van der Waals surface area contributed by atoms with Crippen molar-refractivity contribution in [1.82, 2.24) is 14.5 Å². The summed E-state index contributed by atoms with van der Waals surface area (Å²) in [6.07, 6.45) is 2.41. The highest BCUT2D eigenvalue weighted by Gasteiger charge is 2.27. The van der Waals surface area contributed by atoms with Crippen LogP contribution >= 0.6 is 0 Å². The Morgan fingerprint density at radius 3 is 2.64 bits per heavy atom. The molecule has 0 unspecified atom stereocenters. The second kappa shape index (κ2) is 9.41. The predicted molar refractivity (Wildman–Crippen MR) is 128 cm³/mol. The van der Waals surface area contributed by atoms with E-state index in [1.54, 1.807) is 29.3 Å². The lowest BCUT2D eigenvalue weighted by Crippen LogP contribution is -2.37. The first-order valence-electron chi connectivity index (χ1n) is 11.4.